The Hall–Kier alpha value is -3.27. The first-order valence-corrected chi connectivity index (χ1v) is 8.95. The minimum Gasteiger partial charge on any atom is -0.478 e. The van der Waals surface area contributed by atoms with Crippen LogP contribution in [0.1, 0.15) is 12.0 Å². The number of aliphatic carboxylic acids is 2. The number of nitrogens with zero attached hydrogens (tertiary/aromatic N) is 1. The number of carboxylic acid groups (broad SMARTS) is 2. The summed E-state index contributed by atoms with van der Waals surface area (Å²) in [6.07, 6.45) is 1.97. The first-order chi connectivity index (χ1) is 13.8. The van der Waals surface area contributed by atoms with Gasteiger partial charge < -0.3 is 20.8 Å². The molecule has 2 aliphatic rings. The van der Waals surface area contributed by atoms with Gasteiger partial charge in [-0.3, -0.25) is 9.69 Å². The zero-order valence-electron chi connectivity index (χ0n) is 15.5. The minimum atomic E-state index is -1.26. The molecule has 1 aromatic rings. The Morgan fingerprint density at radius 1 is 1.17 bits per heavy atom. The molecule has 156 valence electrons. The molecule has 9 nitrogen and oxygen atoms in total. The third-order valence-electron chi connectivity index (χ3n) is 4.50. The molecule has 29 heavy (non-hydrogen) atoms. The highest BCUT2D eigenvalue weighted by Gasteiger charge is 2.39. The number of amides is 3. The topological polar surface area (TPSA) is 136 Å². The number of benzene rings is 1. The SMILES string of the molecule is O=C(NCc1ccccc1F)N1CC2CNCC(C2)C1=O.O=C(O)/C=C/C(=O)O. The number of carbonyl (C=O) groups is 4. The number of imide groups is 1. The number of hydrogen-bond donors (Lipinski definition) is 4. The normalized spacial score (nSPS) is 20.6. The van der Waals surface area contributed by atoms with Crippen molar-refractivity contribution in [1.29, 1.82) is 0 Å². The Morgan fingerprint density at radius 2 is 1.83 bits per heavy atom. The molecule has 1 aromatic carbocycles. The van der Waals surface area contributed by atoms with E-state index in [4.69, 9.17) is 10.2 Å². The van der Waals surface area contributed by atoms with Crippen LogP contribution in [-0.4, -0.2) is 58.6 Å². The van der Waals surface area contributed by atoms with E-state index < -0.39 is 18.0 Å². The van der Waals surface area contributed by atoms with Crippen LogP contribution in [0.25, 0.3) is 0 Å². The lowest BCUT2D eigenvalue weighted by Gasteiger charge is -2.39. The first-order valence-electron chi connectivity index (χ1n) is 8.95. The summed E-state index contributed by atoms with van der Waals surface area (Å²) in [7, 11) is 0. The van der Waals surface area contributed by atoms with Gasteiger partial charge in [0.05, 0.1) is 5.92 Å². The van der Waals surface area contributed by atoms with Crippen LogP contribution in [0.3, 0.4) is 0 Å². The Bertz CT molecular complexity index is 797. The van der Waals surface area contributed by atoms with E-state index in [9.17, 15) is 23.6 Å². The van der Waals surface area contributed by atoms with Crippen molar-refractivity contribution in [2.24, 2.45) is 11.8 Å². The fraction of sp³-hybridized carbons (Fsp3) is 0.368. The highest BCUT2D eigenvalue weighted by atomic mass is 19.1. The van der Waals surface area contributed by atoms with Gasteiger partial charge in [0, 0.05) is 37.3 Å². The van der Waals surface area contributed by atoms with Crippen LogP contribution in [0.5, 0.6) is 0 Å². The Morgan fingerprint density at radius 3 is 2.45 bits per heavy atom. The summed E-state index contributed by atoms with van der Waals surface area (Å²) in [5, 5.41) is 21.5. The van der Waals surface area contributed by atoms with E-state index in [1.807, 2.05) is 0 Å². The second-order valence-electron chi connectivity index (χ2n) is 6.67. The summed E-state index contributed by atoms with van der Waals surface area (Å²) in [5.41, 5.74) is 0.414. The highest BCUT2D eigenvalue weighted by molar-refractivity contribution is 5.96. The average molecular weight is 407 g/mol. The van der Waals surface area contributed by atoms with Crippen LogP contribution in [0.4, 0.5) is 9.18 Å². The summed E-state index contributed by atoms with van der Waals surface area (Å²) >= 11 is 0. The largest absolute Gasteiger partial charge is 0.478 e. The van der Waals surface area contributed by atoms with Gasteiger partial charge in [-0.25, -0.2) is 18.8 Å². The fourth-order valence-electron chi connectivity index (χ4n) is 3.16. The molecule has 3 rings (SSSR count). The van der Waals surface area contributed by atoms with E-state index in [0.717, 1.165) is 13.0 Å². The molecule has 0 saturated carbocycles. The second-order valence-corrected chi connectivity index (χ2v) is 6.67. The van der Waals surface area contributed by atoms with Crippen LogP contribution in [0, 0.1) is 17.7 Å². The Labute approximate surface area is 166 Å². The molecule has 3 amide bonds. The first kappa shape index (κ1) is 22.0. The predicted molar refractivity (Wildman–Crippen MR) is 99.2 cm³/mol. The third-order valence-corrected chi connectivity index (χ3v) is 4.50. The van der Waals surface area contributed by atoms with Gasteiger partial charge in [0.15, 0.2) is 0 Å². The van der Waals surface area contributed by atoms with Crippen LogP contribution in [0.15, 0.2) is 36.4 Å². The molecule has 0 radical (unpaired) electrons. The lowest BCUT2D eigenvalue weighted by molar-refractivity contribution is -0.137. The van der Waals surface area contributed by atoms with E-state index in [0.29, 0.717) is 36.7 Å². The zero-order chi connectivity index (χ0) is 21.4. The van der Waals surface area contributed by atoms with Gasteiger partial charge in [0.2, 0.25) is 5.91 Å². The summed E-state index contributed by atoms with van der Waals surface area (Å²) in [5.74, 6) is -2.80. The number of rotatable bonds is 4. The number of urea groups is 1. The number of nitrogens with one attached hydrogen (secondary N) is 2. The lowest BCUT2D eigenvalue weighted by atomic mass is 9.85. The van der Waals surface area contributed by atoms with Crippen molar-refractivity contribution in [2.75, 3.05) is 19.6 Å². The van der Waals surface area contributed by atoms with Gasteiger partial charge in [0.25, 0.3) is 0 Å². The van der Waals surface area contributed by atoms with E-state index in [1.165, 1.54) is 11.0 Å². The number of piperidine rings is 2. The molecule has 2 atom stereocenters. The summed E-state index contributed by atoms with van der Waals surface area (Å²) in [6.45, 7) is 1.99. The van der Waals surface area contributed by atoms with E-state index >= 15 is 0 Å². The van der Waals surface area contributed by atoms with Crippen molar-refractivity contribution in [3.05, 3.63) is 47.8 Å². The number of hydrogen-bond acceptors (Lipinski definition) is 5. The lowest BCUT2D eigenvalue weighted by Crippen LogP contribution is -2.58. The monoisotopic (exact) mass is 407 g/mol. The van der Waals surface area contributed by atoms with Gasteiger partial charge in [0.1, 0.15) is 5.82 Å². The van der Waals surface area contributed by atoms with Crippen molar-refractivity contribution in [2.45, 2.75) is 13.0 Å². The molecule has 2 bridgehead atoms. The number of carboxylic acids is 2. The molecule has 0 spiro atoms. The number of carbonyl (C=O) groups excluding carboxylic acids is 2. The fourth-order valence-corrected chi connectivity index (χ4v) is 3.16. The van der Waals surface area contributed by atoms with Crippen molar-refractivity contribution in [3.8, 4) is 0 Å². The van der Waals surface area contributed by atoms with Crippen LogP contribution in [-0.2, 0) is 20.9 Å². The molecule has 2 heterocycles. The summed E-state index contributed by atoms with van der Waals surface area (Å²) in [4.78, 5) is 44.8. The molecule has 0 aromatic heterocycles. The molecule has 2 saturated heterocycles. The van der Waals surface area contributed by atoms with E-state index in [1.54, 1.807) is 18.2 Å². The van der Waals surface area contributed by atoms with Gasteiger partial charge in [-0.2, -0.15) is 0 Å². The maximum absolute atomic E-state index is 13.5. The van der Waals surface area contributed by atoms with Gasteiger partial charge in [-0.1, -0.05) is 18.2 Å². The molecule has 10 heteroatoms. The quantitative estimate of drug-likeness (QED) is 0.543. The van der Waals surface area contributed by atoms with Crippen molar-refractivity contribution in [1.82, 2.24) is 15.5 Å². The smallest absolute Gasteiger partial charge is 0.328 e. The molecule has 4 N–H and O–H groups in total. The van der Waals surface area contributed by atoms with Gasteiger partial charge in [-0.05, 0) is 24.9 Å². The third kappa shape index (κ3) is 6.68. The maximum Gasteiger partial charge on any atom is 0.328 e. The molecular formula is C19H22FN3O6. The number of likely N-dealkylation sites (tertiary alicyclic amines) is 1. The molecular weight excluding hydrogens is 385 g/mol. The molecule has 0 aliphatic carbocycles. The summed E-state index contributed by atoms with van der Waals surface area (Å²) < 4.78 is 13.5. The van der Waals surface area contributed by atoms with Crippen LogP contribution in [0.2, 0.25) is 0 Å². The highest BCUT2D eigenvalue weighted by Crippen LogP contribution is 2.25. The van der Waals surface area contributed by atoms with Crippen LogP contribution >= 0.6 is 0 Å². The van der Waals surface area contributed by atoms with E-state index in [-0.39, 0.29) is 24.2 Å². The number of fused-ring (bicyclic) bond motifs is 2. The van der Waals surface area contributed by atoms with Crippen molar-refractivity contribution >= 4 is 23.9 Å². The standard InChI is InChI=1S/C15H18FN3O2.C4H4O4/c16-13-4-2-1-3-11(13)8-18-15(21)19-9-10-5-12(14(19)20)7-17-6-10;5-3(6)1-2-4(7)8/h1-4,10,12,17H,5-9H2,(H,18,21);1-2H,(H,5,6)(H,7,8)/b;2-1+. The predicted octanol–water partition coefficient (Wildman–Crippen LogP) is 0.815. The maximum atomic E-state index is 13.5. The zero-order valence-corrected chi connectivity index (χ0v) is 15.5. The average Bonchev–Trinajstić information content (AvgIpc) is 2.69. The van der Waals surface area contributed by atoms with E-state index in [2.05, 4.69) is 10.6 Å². The molecule has 2 unspecified atom stereocenters. The van der Waals surface area contributed by atoms with Crippen molar-refractivity contribution < 1.29 is 33.8 Å². The van der Waals surface area contributed by atoms with Crippen LogP contribution < -0.4 is 10.6 Å². The van der Waals surface area contributed by atoms with Gasteiger partial charge in [-0.15, -0.1) is 0 Å². The van der Waals surface area contributed by atoms with Crippen molar-refractivity contribution in [3.63, 3.8) is 0 Å². The Kier molecular flexibility index (Phi) is 7.84. The summed E-state index contributed by atoms with van der Waals surface area (Å²) in [6, 6.07) is 5.85. The number of halogens is 1. The minimum absolute atomic E-state index is 0.0862. The second kappa shape index (κ2) is 10.3. The molecule has 2 aliphatic heterocycles. The molecule has 2 fully saturated rings. The van der Waals surface area contributed by atoms with Gasteiger partial charge >= 0.3 is 18.0 Å². The Balaban J connectivity index is 0.000000321.